The first kappa shape index (κ1) is 18.4. The summed E-state index contributed by atoms with van der Waals surface area (Å²) in [4.78, 5) is 38.1. The van der Waals surface area contributed by atoms with E-state index in [0.717, 1.165) is 36.2 Å². The molecule has 3 aliphatic rings. The van der Waals surface area contributed by atoms with Gasteiger partial charge in [0.15, 0.2) is 0 Å². The lowest BCUT2D eigenvalue weighted by Gasteiger charge is -2.44. The predicted molar refractivity (Wildman–Crippen MR) is 105 cm³/mol. The smallest absolute Gasteiger partial charge is 0.270 e. The minimum absolute atomic E-state index is 0.0167. The first-order valence-electron chi connectivity index (χ1n) is 10.4. The Balaban J connectivity index is 1.51. The van der Waals surface area contributed by atoms with E-state index in [0.29, 0.717) is 38.4 Å². The van der Waals surface area contributed by atoms with Gasteiger partial charge in [-0.1, -0.05) is 0 Å². The minimum atomic E-state index is -0.575. The van der Waals surface area contributed by atoms with Crippen LogP contribution in [0, 0.1) is 6.92 Å². The fraction of sp³-hybridized carbons (Fsp3) is 0.571. The SMILES string of the molecule is Cc1cc[nH]c1C(=O)N1CCC2(C1)c1ncn(C)c1CCN2C(=O)[C@@H]1CCCO1. The highest BCUT2D eigenvalue weighted by molar-refractivity contribution is 5.94. The van der Waals surface area contributed by atoms with Gasteiger partial charge in [-0.05, 0) is 37.8 Å². The monoisotopic (exact) mass is 397 g/mol. The summed E-state index contributed by atoms with van der Waals surface area (Å²) in [6.07, 6.45) is 6.41. The molecule has 3 aliphatic heterocycles. The molecule has 0 aliphatic carbocycles. The first-order valence-corrected chi connectivity index (χ1v) is 10.4. The molecule has 2 atom stereocenters. The number of carbonyl (C=O) groups excluding carboxylic acids is 2. The number of hydrogen-bond acceptors (Lipinski definition) is 4. The second-order valence-electron chi connectivity index (χ2n) is 8.44. The molecule has 0 saturated carbocycles. The van der Waals surface area contributed by atoms with Crippen molar-refractivity contribution in [3.8, 4) is 0 Å². The molecule has 29 heavy (non-hydrogen) atoms. The van der Waals surface area contributed by atoms with Crippen molar-refractivity contribution in [3.05, 3.63) is 41.2 Å². The zero-order valence-electron chi connectivity index (χ0n) is 17.0. The fourth-order valence-electron chi connectivity index (χ4n) is 5.18. The number of imidazole rings is 1. The van der Waals surface area contributed by atoms with Crippen molar-refractivity contribution in [1.29, 1.82) is 0 Å². The maximum absolute atomic E-state index is 13.4. The van der Waals surface area contributed by atoms with Crippen LogP contribution in [0.5, 0.6) is 0 Å². The Bertz CT molecular complexity index is 957. The summed E-state index contributed by atoms with van der Waals surface area (Å²) in [6, 6.07) is 1.91. The van der Waals surface area contributed by atoms with E-state index < -0.39 is 5.54 Å². The molecule has 2 amide bonds. The lowest BCUT2D eigenvalue weighted by Crippen LogP contribution is -2.57. The van der Waals surface area contributed by atoms with Crippen LogP contribution in [0.25, 0.3) is 0 Å². The molecule has 1 N–H and O–H groups in total. The van der Waals surface area contributed by atoms with Gasteiger partial charge in [-0.2, -0.15) is 0 Å². The van der Waals surface area contributed by atoms with Gasteiger partial charge in [-0.3, -0.25) is 9.59 Å². The van der Waals surface area contributed by atoms with Crippen molar-refractivity contribution in [1.82, 2.24) is 24.3 Å². The summed E-state index contributed by atoms with van der Waals surface area (Å²) < 4.78 is 7.76. The van der Waals surface area contributed by atoms with Gasteiger partial charge in [-0.15, -0.1) is 0 Å². The maximum Gasteiger partial charge on any atom is 0.270 e. The van der Waals surface area contributed by atoms with Crippen LogP contribution in [-0.2, 0) is 28.5 Å². The van der Waals surface area contributed by atoms with Gasteiger partial charge in [0.2, 0.25) is 0 Å². The Hall–Kier alpha value is -2.61. The van der Waals surface area contributed by atoms with Crippen LogP contribution in [0.1, 0.15) is 46.7 Å². The van der Waals surface area contributed by atoms with E-state index >= 15 is 0 Å². The van der Waals surface area contributed by atoms with E-state index in [1.54, 1.807) is 6.20 Å². The average molecular weight is 397 g/mol. The first-order chi connectivity index (χ1) is 14.0. The van der Waals surface area contributed by atoms with Crippen LogP contribution < -0.4 is 0 Å². The van der Waals surface area contributed by atoms with Gasteiger partial charge in [-0.25, -0.2) is 4.98 Å². The molecular weight excluding hydrogens is 370 g/mol. The Kier molecular flexibility index (Phi) is 4.27. The number of aromatic nitrogens is 3. The Morgan fingerprint density at radius 2 is 2.21 bits per heavy atom. The quantitative estimate of drug-likeness (QED) is 0.830. The number of aromatic amines is 1. The third-order valence-corrected chi connectivity index (χ3v) is 6.76. The number of H-pyrrole nitrogens is 1. The summed E-state index contributed by atoms with van der Waals surface area (Å²) in [7, 11) is 2.00. The van der Waals surface area contributed by atoms with Crippen molar-refractivity contribution in [3.63, 3.8) is 0 Å². The van der Waals surface area contributed by atoms with Crippen molar-refractivity contribution < 1.29 is 14.3 Å². The van der Waals surface area contributed by atoms with Crippen LogP contribution in [0.15, 0.2) is 18.6 Å². The van der Waals surface area contributed by atoms with Crippen LogP contribution in [0.4, 0.5) is 0 Å². The summed E-state index contributed by atoms with van der Waals surface area (Å²) in [6.45, 7) is 4.27. The Morgan fingerprint density at radius 3 is 2.93 bits per heavy atom. The van der Waals surface area contributed by atoms with Gasteiger partial charge in [0, 0.05) is 45.1 Å². The second kappa shape index (κ2) is 6.73. The number of nitrogens with zero attached hydrogens (tertiary/aromatic N) is 4. The average Bonchev–Trinajstić information content (AvgIpc) is 3.49. The highest BCUT2D eigenvalue weighted by Crippen LogP contribution is 2.43. The molecule has 2 aromatic rings. The normalized spacial score (nSPS) is 26.3. The molecule has 2 aromatic heterocycles. The van der Waals surface area contributed by atoms with Crippen molar-refractivity contribution >= 4 is 11.8 Å². The predicted octanol–water partition coefficient (Wildman–Crippen LogP) is 1.36. The van der Waals surface area contributed by atoms with Crippen LogP contribution >= 0.6 is 0 Å². The molecule has 2 saturated heterocycles. The lowest BCUT2D eigenvalue weighted by molar-refractivity contribution is -0.148. The van der Waals surface area contributed by atoms with Crippen LogP contribution in [0.3, 0.4) is 0 Å². The van der Waals surface area contributed by atoms with E-state index in [1.807, 2.05) is 40.7 Å². The van der Waals surface area contributed by atoms with Gasteiger partial charge in [0.25, 0.3) is 11.8 Å². The number of rotatable bonds is 2. The molecule has 5 rings (SSSR count). The molecule has 0 aromatic carbocycles. The van der Waals surface area contributed by atoms with E-state index in [9.17, 15) is 9.59 Å². The molecule has 154 valence electrons. The number of hydrogen-bond donors (Lipinski definition) is 1. The molecule has 2 fully saturated rings. The summed E-state index contributed by atoms with van der Waals surface area (Å²) in [5.41, 5.74) is 3.08. The Morgan fingerprint density at radius 1 is 1.34 bits per heavy atom. The van der Waals surface area contributed by atoms with Gasteiger partial charge < -0.3 is 24.1 Å². The summed E-state index contributed by atoms with van der Waals surface area (Å²) in [5, 5.41) is 0. The number of likely N-dealkylation sites (tertiary alicyclic amines) is 1. The topological polar surface area (TPSA) is 83.5 Å². The molecule has 1 unspecified atom stereocenters. The number of carbonyl (C=O) groups is 2. The van der Waals surface area contributed by atoms with Gasteiger partial charge in [0.05, 0.1) is 18.6 Å². The minimum Gasteiger partial charge on any atom is -0.368 e. The third-order valence-electron chi connectivity index (χ3n) is 6.76. The largest absolute Gasteiger partial charge is 0.368 e. The summed E-state index contributed by atoms with van der Waals surface area (Å²) >= 11 is 0. The van der Waals surface area contributed by atoms with E-state index in [2.05, 4.69) is 4.98 Å². The van der Waals surface area contributed by atoms with Crippen molar-refractivity contribution in [2.45, 2.75) is 44.2 Å². The fourth-order valence-corrected chi connectivity index (χ4v) is 5.18. The number of amides is 2. The zero-order chi connectivity index (χ0) is 20.2. The number of aryl methyl sites for hydroxylation is 2. The summed E-state index contributed by atoms with van der Waals surface area (Å²) in [5.74, 6) is 0.0288. The highest BCUT2D eigenvalue weighted by atomic mass is 16.5. The lowest BCUT2D eigenvalue weighted by atomic mass is 9.85. The maximum atomic E-state index is 13.4. The number of nitrogens with one attached hydrogen (secondary N) is 1. The number of ether oxygens (including phenoxy) is 1. The molecule has 0 bridgehead atoms. The number of fused-ring (bicyclic) bond motifs is 2. The van der Waals surface area contributed by atoms with Crippen LogP contribution in [-0.4, -0.2) is 68.5 Å². The molecule has 0 radical (unpaired) electrons. The van der Waals surface area contributed by atoms with Gasteiger partial charge >= 0.3 is 0 Å². The van der Waals surface area contributed by atoms with Crippen molar-refractivity contribution in [2.24, 2.45) is 7.05 Å². The Labute approximate surface area is 169 Å². The van der Waals surface area contributed by atoms with E-state index in [4.69, 9.17) is 9.72 Å². The van der Waals surface area contributed by atoms with Gasteiger partial charge in [0.1, 0.15) is 17.3 Å². The molecule has 8 heteroatoms. The van der Waals surface area contributed by atoms with E-state index in [1.165, 1.54) is 0 Å². The molecule has 1 spiro atoms. The molecule has 5 heterocycles. The van der Waals surface area contributed by atoms with Crippen molar-refractivity contribution in [2.75, 3.05) is 26.2 Å². The molecular formula is C21H27N5O3. The standard InChI is InChI=1S/C21H27N5O3/c1-14-5-8-22-17(14)20(28)25-10-7-21(12-25)18-15(24(2)13-23-18)6-9-26(21)19(27)16-4-3-11-29-16/h5,8,13,16,22H,3-4,6-7,9-12H2,1-2H3/t16-,21?/m0/s1. The van der Waals surface area contributed by atoms with Crippen LogP contribution in [0.2, 0.25) is 0 Å². The molecule has 8 nitrogen and oxygen atoms in total. The second-order valence-corrected chi connectivity index (χ2v) is 8.44. The zero-order valence-corrected chi connectivity index (χ0v) is 17.0. The van der Waals surface area contributed by atoms with E-state index in [-0.39, 0.29) is 17.9 Å². The third kappa shape index (κ3) is 2.73. The highest BCUT2D eigenvalue weighted by Gasteiger charge is 2.53.